The molecule has 0 unspecified atom stereocenters. The Morgan fingerprint density at radius 3 is 2.30 bits per heavy atom. The fraction of sp³-hybridized carbons (Fsp3) is 0.318. The molecule has 0 aliphatic heterocycles. The zero-order valence-electron chi connectivity index (χ0n) is 16.1. The second-order valence-electron chi connectivity index (χ2n) is 7.44. The predicted molar refractivity (Wildman–Crippen MR) is 106 cm³/mol. The van der Waals surface area contributed by atoms with Crippen molar-refractivity contribution in [3.05, 3.63) is 75.7 Å². The topological polar surface area (TPSA) is 64.0 Å². The zero-order valence-corrected chi connectivity index (χ0v) is 16.1. The van der Waals surface area contributed by atoms with E-state index in [0.717, 1.165) is 49.9 Å². The van der Waals surface area contributed by atoms with E-state index >= 15 is 0 Å². The van der Waals surface area contributed by atoms with Crippen LogP contribution in [0.3, 0.4) is 0 Å². The Labute approximate surface area is 170 Å². The molecule has 3 aromatic rings. The van der Waals surface area contributed by atoms with Crippen molar-refractivity contribution in [1.82, 2.24) is 15.1 Å². The van der Waals surface area contributed by atoms with Crippen LogP contribution < -0.4 is 10.9 Å². The Balaban J connectivity index is 1.60. The van der Waals surface area contributed by atoms with Crippen LogP contribution in [0.1, 0.15) is 53.3 Å². The van der Waals surface area contributed by atoms with Gasteiger partial charge in [0.15, 0.2) is 0 Å². The van der Waals surface area contributed by atoms with Crippen LogP contribution in [-0.4, -0.2) is 15.7 Å². The van der Waals surface area contributed by atoms with Gasteiger partial charge in [-0.1, -0.05) is 31.0 Å². The van der Waals surface area contributed by atoms with E-state index in [0.29, 0.717) is 16.5 Å². The van der Waals surface area contributed by atoms with Crippen LogP contribution in [0.5, 0.6) is 0 Å². The largest absolute Gasteiger partial charge is 0.416 e. The van der Waals surface area contributed by atoms with E-state index in [2.05, 4.69) is 10.4 Å². The molecule has 1 aromatic heterocycles. The summed E-state index contributed by atoms with van der Waals surface area (Å²) in [5.41, 5.74) is -0.278. The van der Waals surface area contributed by atoms with Crippen molar-refractivity contribution in [1.29, 1.82) is 0 Å². The number of alkyl halides is 3. The lowest BCUT2D eigenvalue weighted by molar-refractivity contribution is -0.137. The molecule has 1 fully saturated rings. The summed E-state index contributed by atoms with van der Waals surface area (Å²) in [6.07, 6.45) is -0.575. The number of amides is 1. The normalized spacial score (nSPS) is 14.9. The number of benzene rings is 2. The van der Waals surface area contributed by atoms with Gasteiger partial charge in [0.05, 0.1) is 29.2 Å². The Morgan fingerprint density at radius 1 is 1.03 bits per heavy atom. The minimum absolute atomic E-state index is 0.0477. The molecule has 0 bridgehead atoms. The van der Waals surface area contributed by atoms with Gasteiger partial charge in [-0.05, 0) is 43.2 Å². The number of halogens is 3. The Hall–Kier alpha value is -3.16. The number of nitrogens with zero attached hydrogens (tertiary/aromatic N) is 2. The molecule has 0 saturated heterocycles. The number of fused-ring (bicyclic) bond motifs is 1. The van der Waals surface area contributed by atoms with E-state index in [1.807, 2.05) is 0 Å². The molecule has 5 nitrogen and oxygen atoms in total. The molecule has 1 N–H and O–H groups in total. The number of nitrogens with one attached hydrogen (secondary N) is 1. The molecule has 1 aliphatic carbocycles. The first-order valence-corrected chi connectivity index (χ1v) is 9.80. The summed E-state index contributed by atoms with van der Waals surface area (Å²) >= 11 is 0. The smallest absolute Gasteiger partial charge is 0.346 e. The SMILES string of the molecule is O=C(NCc1nn(C2CCCC2)c(=O)c2ccccc12)c1ccc(C(F)(F)F)cc1. The fourth-order valence-electron chi connectivity index (χ4n) is 3.88. The van der Waals surface area contributed by atoms with E-state index in [1.165, 1.54) is 4.68 Å². The van der Waals surface area contributed by atoms with E-state index in [-0.39, 0.29) is 23.7 Å². The first-order valence-electron chi connectivity index (χ1n) is 9.80. The Morgan fingerprint density at radius 2 is 1.67 bits per heavy atom. The van der Waals surface area contributed by atoms with Crippen molar-refractivity contribution >= 4 is 16.7 Å². The maximum absolute atomic E-state index is 12.9. The average molecular weight is 415 g/mol. The van der Waals surface area contributed by atoms with E-state index in [1.54, 1.807) is 24.3 Å². The summed E-state index contributed by atoms with van der Waals surface area (Å²) in [6, 6.07) is 11.2. The average Bonchev–Trinajstić information content (AvgIpc) is 3.27. The summed E-state index contributed by atoms with van der Waals surface area (Å²) in [5, 5.41) is 8.44. The number of carbonyl (C=O) groups is 1. The lowest BCUT2D eigenvalue weighted by atomic mass is 10.1. The molecule has 1 aliphatic rings. The summed E-state index contributed by atoms with van der Waals surface area (Å²) in [5.74, 6) is -0.506. The van der Waals surface area contributed by atoms with Crippen molar-refractivity contribution in [2.24, 2.45) is 0 Å². The van der Waals surface area contributed by atoms with Crippen LogP contribution in [-0.2, 0) is 12.7 Å². The first kappa shape index (κ1) is 20.1. The molecular weight excluding hydrogens is 395 g/mol. The van der Waals surface area contributed by atoms with Crippen LogP contribution in [0.15, 0.2) is 53.3 Å². The standard InChI is InChI=1S/C22H20F3N3O2/c23-22(24,25)15-11-9-14(10-12-15)20(29)26-13-19-17-7-3-4-8-18(17)21(30)28(27-19)16-5-1-2-6-16/h3-4,7-12,16H,1-2,5-6,13H2,(H,26,29). The third kappa shape index (κ3) is 3.94. The molecule has 1 amide bonds. The van der Waals surface area contributed by atoms with Gasteiger partial charge in [0.2, 0.25) is 0 Å². The second kappa shape index (κ2) is 7.93. The number of hydrogen-bond acceptors (Lipinski definition) is 3. The maximum Gasteiger partial charge on any atom is 0.416 e. The van der Waals surface area contributed by atoms with Crippen LogP contribution in [0.4, 0.5) is 13.2 Å². The molecule has 4 rings (SSSR count). The second-order valence-corrected chi connectivity index (χ2v) is 7.44. The molecule has 0 radical (unpaired) electrons. The molecule has 156 valence electrons. The van der Waals surface area contributed by atoms with E-state index in [9.17, 15) is 22.8 Å². The zero-order chi connectivity index (χ0) is 21.3. The van der Waals surface area contributed by atoms with Gasteiger partial charge < -0.3 is 5.32 Å². The van der Waals surface area contributed by atoms with Gasteiger partial charge in [0, 0.05) is 10.9 Å². The lowest BCUT2D eigenvalue weighted by Crippen LogP contribution is -2.30. The van der Waals surface area contributed by atoms with Crippen LogP contribution in [0.25, 0.3) is 10.8 Å². The predicted octanol–water partition coefficient (Wildman–Crippen LogP) is 4.46. The summed E-state index contributed by atoms with van der Waals surface area (Å²) in [7, 11) is 0. The van der Waals surface area contributed by atoms with Crippen molar-refractivity contribution in [2.45, 2.75) is 44.4 Å². The van der Waals surface area contributed by atoms with Gasteiger partial charge in [-0.15, -0.1) is 0 Å². The highest BCUT2D eigenvalue weighted by Gasteiger charge is 2.30. The first-order chi connectivity index (χ1) is 14.3. The number of aromatic nitrogens is 2. The van der Waals surface area contributed by atoms with Crippen molar-refractivity contribution in [3.8, 4) is 0 Å². The number of hydrogen-bond donors (Lipinski definition) is 1. The third-order valence-corrected chi connectivity index (χ3v) is 5.47. The maximum atomic E-state index is 12.9. The minimum Gasteiger partial charge on any atom is -0.346 e. The molecule has 8 heteroatoms. The number of carbonyl (C=O) groups excluding carboxylic acids is 1. The summed E-state index contributed by atoms with van der Waals surface area (Å²) < 4.78 is 39.6. The van der Waals surface area contributed by atoms with Gasteiger partial charge >= 0.3 is 6.18 Å². The van der Waals surface area contributed by atoms with Crippen molar-refractivity contribution < 1.29 is 18.0 Å². The minimum atomic E-state index is -4.45. The molecule has 1 saturated carbocycles. The molecule has 30 heavy (non-hydrogen) atoms. The quantitative estimate of drug-likeness (QED) is 0.684. The van der Waals surface area contributed by atoms with Gasteiger partial charge in [-0.25, -0.2) is 4.68 Å². The Bertz CT molecular complexity index is 1130. The van der Waals surface area contributed by atoms with Gasteiger partial charge in [0.25, 0.3) is 11.5 Å². The Kier molecular flexibility index (Phi) is 5.32. The van der Waals surface area contributed by atoms with Crippen LogP contribution in [0, 0.1) is 0 Å². The lowest BCUT2D eigenvalue weighted by Gasteiger charge is -2.16. The number of rotatable bonds is 4. The molecule has 1 heterocycles. The molecule has 2 aromatic carbocycles. The van der Waals surface area contributed by atoms with Gasteiger partial charge in [-0.3, -0.25) is 9.59 Å². The summed E-state index contributed by atoms with van der Waals surface area (Å²) in [6.45, 7) is 0.0629. The highest BCUT2D eigenvalue weighted by atomic mass is 19.4. The monoisotopic (exact) mass is 415 g/mol. The molecule has 0 atom stereocenters. The van der Waals surface area contributed by atoms with E-state index < -0.39 is 17.6 Å². The fourth-order valence-corrected chi connectivity index (χ4v) is 3.88. The summed E-state index contributed by atoms with van der Waals surface area (Å²) in [4.78, 5) is 25.3. The van der Waals surface area contributed by atoms with Gasteiger partial charge in [-0.2, -0.15) is 18.3 Å². The highest BCUT2D eigenvalue weighted by molar-refractivity contribution is 5.94. The van der Waals surface area contributed by atoms with Crippen LogP contribution >= 0.6 is 0 Å². The van der Waals surface area contributed by atoms with Gasteiger partial charge in [0.1, 0.15) is 0 Å². The molecular formula is C22H20F3N3O2. The van der Waals surface area contributed by atoms with Crippen LogP contribution in [0.2, 0.25) is 0 Å². The van der Waals surface area contributed by atoms with Crippen molar-refractivity contribution in [3.63, 3.8) is 0 Å². The molecule has 0 spiro atoms. The third-order valence-electron chi connectivity index (χ3n) is 5.47. The van der Waals surface area contributed by atoms with E-state index in [4.69, 9.17) is 0 Å². The highest BCUT2D eigenvalue weighted by Crippen LogP contribution is 2.29. The van der Waals surface area contributed by atoms with Crippen molar-refractivity contribution in [2.75, 3.05) is 0 Å².